The van der Waals surface area contributed by atoms with Crippen LogP contribution >= 0.6 is 0 Å². The fourth-order valence-electron chi connectivity index (χ4n) is 1.68. The van der Waals surface area contributed by atoms with E-state index in [0.717, 1.165) is 39.0 Å². The normalized spacial score (nSPS) is 24.7. The van der Waals surface area contributed by atoms with Gasteiger partial charge < -0.3 is 15.7 Å². The van der Waals surface area contributed by atoms with Crippen molar-refractivity contribution in [1.29, 1.82) is 0 Å². The van der Waals surface area contributed by atoms with E-state index in [0.29, 0.717) is 0 Å². The van der Waals surface area contributed by atoms with Crippen LogP contribution in [0.25, 0.3) is 0 Å². The van der Waals surface area contributed by atoms with Crippen LogP contribution in [0.2, 0.25) is 0 Å². The van der Waals surface area contributed by atoms with Gasteiger partial charge >= 0.3 is 0 Å². The molecule has 0 unspecified atom stereocenters. The number of piperazine rings is 1. The highest BCUT2D eigenvalue weighted by Gasteiger charge is 2.07. The molecular formula is C10H22N2O. The zero-order valence-corrected chi connectivity index (χ0v) is 8.39. The lowest BCUT2D eigenvalue weighted by Crippen LogP contribution is -2.39. The van der Waals surface area contributed by atoms with E-state index in [1.54, 1.807) is 0 Å². The second kappa shape index (κ2) is 7.30. The van der Waals surface area contributed by atoms with Gasteiger partial charge in [-0.15, -0.1) is 0 Å². The summed E-state index contributed by atoms with van der Waals surface area (Å²) >= 11 is 0. The van der Waals surface area contributed by atoms with Crippen LogP contribution in [0.5, 0.6) is 0 Å². The van der Waals surface area contributed by atoms with Crippen LogP contribution < -0.4 is 10.6 Å². The van der Waals surface area contributed by atoms with Crippen molar-refractivity contribution in [1.82, 2.24) is 10.6 Å². The zero-order valence-electron chi connectivity index (χ0n) is 8.39. The summed E-state index contributed by atoms with van der Waals surface area (Å²) in [5.74, 6) is 0. The first-order valence-corrected chi connectivity index (χ1v) is 5.49. The molecule has 0 aromatic carbocycles. The molecule has 3 N–H and O–H groups in total. The number of rotatable bonds is 0. The van der Waals surface area contributed by atoms with Gasteiger partial charge in [0.2, 0.25) is 0 Å². The molecule has 0 radical (unpaired) electrons. The Hall–Kier alpha value is -0.120. The second-order valence-corrected chi connectivity index (χ2v) is 3.79. The fourth-order valence-corrected chi connectivity index (χ4v) is 1.68. The molecule has 0 atom stereocenters. The average molecular weight is 186 g/mol. The van der Waals surface area contributed by atoms with Gasteiger partial charge in [0.05, 0.1) is 6.10 Å². The van der Waals surface area contributed by atoms with Gasteiger partial charge in [0.25, 0.3) is 0 Å². The van der Waals surface area contributed by atoms with E-state index >= 15 is 0 Å². The highest BCUT2D eigenvalue weighted by Crippen LogP contribution is 2.16. The third kappa shape index (κ3) is 6.02. The summed E-state index contributed by atoms with van der Waals surface area (Å²) < 4.78 is 0. The molecule has 1 aliphatic heterocycles. The third-order valence-electron chi connectivity index (χ3n) is 2.53. The van der Waals surface area contributed by atoms with Gasteiger partial charge in [-0.3, -0.25) is 0 Å². The van der Waals surface area contributed by atoms with E-state index in [1.165, 1.54) is 19.3 Å². The molecule has 13 heavy (non-hydrogen) atoms. The Morgan fingerprint density at radius 2 is 1.23 bits per heavy atom. The van der Waals surface area contributed by atoms with E-state index in [2.05, 4.69) is 10.6 Å². The molecule has 2 rings (SSSR count). The quantitative estimate of drug-likeness (QED) is 0.516. The van der Waals surface area contributed by atoms with Crippen molar-refractivity contribution in [3.05, 3.63) is 0 Å². The van der Waals surface area contributed by atoms with E-state index in [-0.39, 0.29) is 6.10 Å². The monoisotopic (exact) mass is 186 g/mol. The van der Waals surface area contributed by atoms with Gasteiger partial charge in [0.1, 0.15) is 0 Å². The van der Waals surface area contributed by atoms with Crippen molar-refractivity contribution in [2.24, 2.45) is 0 Å². The standard InChI is InChI=1S/C6H12O.C4H10N2/c7-6-4-2-1-3-5-6;1-2-6-4-3-5-1/h6-7H,1-5H2;5-6H,1-4H2. The molecule has 2 fully saturated rings. The predicted molar refractivity (Wildman–Crippen MR) is 54.8 cm³/mol. The van der Waals surface area contributed by atoms with Crippen molar-refractivity contribution in [2.45, 2.75) is 38.2 Å². The fraction of sp³-hybridized carbons (Fsp3) is 1.00. The molecule has 1 aliphatic carbocycles. The van der Waals surface area contributed by atoms with Crippen molar-refractivity contribution in [3.63, 3.8) is 0 Å². The van der Waals surface area contributed by atoms with Gasteiger partial charge in [0, 0.05) is 26.2 Å². The molecule has 0 spiro atoms. The molecule has 0 bridgehead atoms. The SMILES string of the molecule is C1CNCCN1.OC1CCCCC1. The Labute approximate surface area is 80.9 Å². The van der Waals surface area contributed by atoms with Crippen molar-refractivity contribution in [2.75, 3.05) is 26.2 Å². The third-order valence-corrected chi connectivity index (χ3v) is 2.53. The van der Waals surface area contributed by atoms with Crippen LogP contribution in [-0.4, -0.2) is 37.4 Å². The van der Waals surface area contributed by atoms with Crippen LogP contribution in [0.15, 0.2) is 0 Å². The average Bonchev–Trinajstić information content (AvgIpc) is 2.22. The summed E-state index contributed by atoms with van der Waals surface area (Å²) in [6.45, 7) is 4.56. The van der Waals surface area contributed by atoms with Gasteiger partial charge in [-0.05, 0) is 12.8 Å². The Kier molecular flexibility index (Phi) is 6.15. The first-order valence-electron chi connectivity index (χ1n) is 5.49. The maximum Gasteiger partial charge on any atom is 0.0540 e. The summed E-state index contributed by atoms with van der Waals surface area (Å²) in [6.07, 6.45) is 5.92. The maximum atomic E-state index is 8.91. The predicted octanol–water partition coefficient (Wildman–Crippen LogP) is 0.491. The largest absolute Gasteiger partial charge is 0.393 e. The summed E-state index contributed by atoms with van der Waals surface area (Å²) in [5, 5.41) is 15.4. The highest BCUT2D eigenvalue weighted by atomic mass is 16.3. The lowest BCUT2D eigenvalue weighted by atomic mass is 9.98. The zero-order chi connectivity index (χ0) is 9.36. The number of nitrogens with one attached hydrogen (secondary N) is 2. The van der Waals surface area contributed by atoms with Crippen LogP contribution in [0.4, 0.5) is 0 Å². The summed E-state index contributed by atoms with van der Waals surface area (Å²) in [4.78, 5) is 0. The van der Waals surface area contributed by atoms with E-state index in [4.69, 9.17) is 5.11 Å². The molecule has 0 amide bonds. The minimum atomic E-state index is 0.0359. The topological polar surface area (TPSA) is 44.3 Å². The van der Waals surface area contributed by atoms with Crippen LogP contribution in [0, 0.1) is 0 Å². The minimum Gasteiger partial charge on any atom is -0.393 e. The molecule has 0 aromatic rings. The van der Waals surface area contributed by atoms with Gasteiger partial charge in [-0.25, -0.2) is 0 Å². The van der Waals surface area contributed by atoms with Gasteiger partial charge in [0.15, 0.2) is 0 Å². The van der Waals surface area contributed by atoms with Crippen molar-refractivity contribution in [3.8, 4) is 0 Å². The molecule has 1 heterocycles. The summed E-state index contributed by atoms with van der Waals surface area (Å²) in [6, 6.07) is 0. The molecule has 78 valence electrons. The Bertz CT molecular complexity index is 98.0. The minimum absolute atomic E-state index is 0.0359. The highest BCUT2D eigenvalue weighted by molar-refractivity contribution is 4.61. The lowest BCUT2D eigenvalue weighted by molar-refractivity contribution is 0.130. The Morgan fingerprint density at radius 1 is 0.769 bits per heavy atom. The van der Waals surface area contributed by atoms with Gasteiger partial charge in [-0.1, -0.05) is 19.3 Å². The molecule has 0 aromatic heterocycles. The first kappa shape index (κ1) is 11.0. The van der Waals surface area contributed by atoms with E-state index in [9.17, 15) is 0 Å². The Balaban J connectivity index is 0.000000132. The summed E-state index contributed by atoms with van der Waals surface area (Å²) in [7, 11) is 0. The summed E-state index contributed by atoms with van der Waals surface area (Å²) in [5.41, 5.74) is 0. The lowest BCUT2D eigenvalue weighted by Gasteiger charge is -2.14. The van der Waals surface area contributed by atoms with Crippen LogP contribution in [0.3, 0.4) is 0 Å². The number of aliphatic hydroxyl groups is 1. The molecule has 2 aliphatic rings. The smallest absolute Gasteiger partial charge is 0.0540 e. The van der Waals surface area contributed by atoms with Crippen LogP contribution in [-0.2, 0) is 0 Å². The maximum absolute atomic E-state index is 8.91. The molecule has 3 heteroatoms. The van der Waals surface area contributed by atoms with Crippen molar-refractivity contribution < 1.29 is 5.11 Å². The number of hydrogen-bond acceptors (Lipinski definition) is 3. The molecule has 1 saturated carbocycles. The molecular weight excluding hydrogens is 164 g/mol. The molecule has 3 nitrogen and oxygen atoms in total. The van der Waals surface area contributed by atoms with Crippen molar-refractivity contribution >= 4 is 0 Å². The van der Waals surface area contributed by atoms with Crippen LogP contribution in [0.1, 0.15) is 32.1 Å². The van der Waals surface area contributed by atoms with E-state index < -0.39 is 0 Å². The molecule has 1 saturated heterocycles. The first-order chi connectivity index (χ1) is 6.39. The van der Waals surface area contributed by atoms with E-state index in [1.807, 2.05) is 0 Å². The van der Waals surface area contributed by atoms with Gasteiger partial charge in [-0.2, -0.15) is 0 Å². The Morgan fingerprint density at radius 3 is 1.46 bits per heavy atom. The second-order valence-electron chi connectivity index (χ2n) is 3.79. The number of aliphatic hydroxyl groups excluding tert-OH is 1. The number of hydrogen-bond donors (Lipinski definition) is 3.